The number of piperazine rings is 1. The first-order chi connectivity index (χ1) is 12.7. The molecular weight excluding hydrogens is 337 g/mol. The number of carbonyl (C=O) groups excluding carboxylic acids is 2. The minimum absolute atomic E-state index is 0.265. The molecule has 1 saturated heterocycles. The van der Waals surface area contributed by atoms with E-state index in [1.54, 1.807) is 35.4 Å². The molecule has 7 nitrogen and oxygen atoms in total. The molecular formula is C18H20FN5O2. The van der Waals surface area contributed by atoms with Crippen LogP contribution in [0.2, 0.25) is 0 Å². The Morgan fingerprint density at radius 2 is 1.96 bits per heavy atom. The monoisotopic (exact) mass is 357 g/mol. The second-order valence-electron chi connectivity index (χ2n) is 5.97. The summed E-state index contributed by atoms with van der Waals surface area (Å²) in [6.45, 7) is 2.77. The number of benzene rings is 1. The summed E-state index contributed by atoms with van der Waals surface area (Å²) in [7, 11) is 0. The number of hydrogen-bond donors (Lipinski definition) is 1. The number of aromatic nitrogens is 2. The lowest BCUT2D eigenvalue weighted by molar-refractivity contribution is -0.118. The van der Waals surface area contributed by atoms with Gasteiger partial charge in [0.15, 0.2) is 0 Å². The molecule has 1 aliphatic heterocycles. The molecule has 1 aromatic heterocycles. The van der Waals surface area contributed by atoms with E-state index in [0.29, 0.717) is 50.7 Å². The van der Waals surface area contributed by atoms with Crippen LogP contribution in [0.1, 0.15) is 16.1 Å². The Labute approximate surface area is 150 Å². The highest BCUT2D eigenvalue weighted by Gasteiger charge is 2.19. The molecule has 0 aliphatic carbocycles. The maximum Gasteiger partial charge on any atom is 0.270 e. The van der Waals surface area contributed by atoms with Crippen LogP contribution in [0.5, 0.6) is 0 Å². The van der Waals surface area contributed by atoms with Gasteiger partial charge in [-0.05, 0) is 24.1 Å². The van der Waals surface area contributed by atoms with Gasteiger partial charge in [-0.15, -0.1) is 0 Å². The highest BCUT2D eigenvalue weighted by Crippen LogP contribution is 2.11. The average molecular weight is 357 g/mol. The Morgan fingerprint density at radius 1 is 1.19 bits per heavy atom. The zero-order chi connectivity index (χ0) is 18.4. The van der Waals surface area contributed by atoms with Crippen LogP contribution in [0.25, 0.3) is 0 Å². The normalized spacial score (nSPS) is 14.2. The van der Waals surface area contributed by atoms with Crippen LogP contribution in [0, 0.1) is 5.82 Å². The first kappa shape index (κ1) is 17.8. The SMILES string of the molecule is O=CN1CCN(c2nccc(C(=O)NCCc3ccccc3F)n2)CC1. The van der Waals surface area contributed by atoms with Crippen molar-refractivity contribution in [1.29, 1.82) is 0 Å². The first-order valence-electron chi connectivity index (χ1n) is 8.46. The van der Waals surface area contributed by atoms with Crippen molar-refractivity contribution in [2.45, 2.75) is 6.42 Å². The van der Waals surface area contributed by atoms with Gasteiger partial charge in [-0.3, -0.25) is 9.59 Å². The van der Waals surface area contributed by atoms with Crippen molar-refractivity contribution >= 4 is 18.3 Å². The molecule has 8 heteroatoms. The Hall–Kier alpha value is -3.03. The van der Waals surface area contributed by atoms with Gasteiger partial charge in [0, 0.05) is 38.9 Å². The fourth-order valence-electron chi connectivity index (χ4n) is 2.76. The third kappa shape index (κ3) is 4.33. The standard InChI is InChI=1S/C18H20FN5O2/c19-15-4-2-1-3-14(15)5-7-20-17(26)16-6-8-21-18(22-16)24-11-9-23(13-25)10-12-24/h1-4,6,8,13H,5,7,9-12H2,(H,20,26). The van der Waals surface area contributed by atoms with Crippen molar-refractivity contribution in [2.24, 2.45) is 0 Å². The van der Waals surface area contributed by atoms with Gasteiger partial charge in [-0.25, -0.2) is 14.4 Å². The number of rotatable bonds is 6. The molecule has 2 aromatic rings. The Kier molecular flexibility index (Phi) is 5.73. The molecule has 136 valence electrons. The Balaban J connectivity index is 1.56. The van der Waals surface area contributed by atoms with Gasteiger partial charge in [0.05, 0.1) is 0 Å². The van der Waals surface area contributed by atoms with Crippen LogP contribution in [0.3, 0.4) is 0 Å². The second-order valence-corrected chi connectivity index (χ2v) is 5.97. The van der Waals surface area contributed by atoms with Crippen LogP contribution in [-0.4, -0.2) is 59.9 Å². The molecule has 3 rings (SSSR count). The number of halogens is 1. The highest BCUT2D eigenvalue weighted by atomic mass is 19.1. The third-order valence-corrected chi connectivity index (χ3v) is 4.26. The molecule has 0 bridgehead atoms. The van der Waals surface area contributed by atoms with Gasteiger partial charge >= 0.3 is 0 Å². The van der Waals surface area contributed by atoms with Gasteiger partial charge in [-0.2, -0.15) is 0 Å². The van der Waals surface area contributed by atoms with E-state index in [1.165, 1.54) is 6.07 Å². The first-order valence-corrected chi connectivity index (χ1v) is 8.46. The quantitative estimate of drug-likeness (QED) is 0.776. The molecule has 2 heterocycles. The van der Waals surface area contributed by atoms with E-state index < -0.39 is 0 Å². The summed E-state index contributed by atoms with van der Waals surface area (Å²) in [6.07, 6.45) is 2.78. The number of carbonyl (C=O) groups is 2. The van der Waals surface area contributed by atoms with E-state index in [0.717, 1.165) is 6.41 Å². The van der Waals surface area contributed by atoms with Crippen molar-refractivity contribution in [3.8, 4) is 0 Å². The molecule has 0 atom stereocenters. The highest BCUT2D eigenvalue weighted by molar-refractivity contribution is 5.92. The zero-order valence-electron chi connectivity index (χ0n) is 14.3. The molecule has 1 N–H and O–H groups in total. The molecule has 0 saturated carbocycles. The average Bonchev–Trinajstić information content (AvgIpc) is 2.69. The molecule has 2 amide bonds. The van der Waals surface area contributed by atoms with E-state index >= 15 is 0 Å². The number of nitrogens with one attached hydrogen (secondary N) is 1. The summed E-state index contributed by atoms with van der Waals surface area (Å²) in [6, 6.07) is 8.04. The van der Waals surface area contributed by atoms with E-state index in [4.69, 9.17) is 0 Å². The molecule has 1 fully saturated rings. The van der Waals surface area contributed by atoms with E-state index in [2.05, 4.69) is 15.3 Å². The van der Waals surface area contributed by atoms with E-state index in [-0.39, 0.29) is 17.4 Å². The number of amides is 2. The van der Waals surface area contributed by atoms with Gasteiger partial charge in [0.2, 0.25) is 12.4 Å². The van der Waals surface area contributed by atoms with Crippen LogP contribution in [-0.2, 0) is 11.2 Å². The minimum atomic E-state index is -0.323. The van der Waals surface area contributed by atoms with Gasteiger partial charge in [0.1, 0.15) is 11.5 Å². The third-order valence-electron chi connectivity index (χ3n) is 4.26. The maximum absolute atomic E-state index is 13.6. The van der Waals surface area contributed by atoms with Gasteiger partial charge in [0.25, 0.3) is 5.91 Å². The lowest BCUT2D eigenvalue weighted by atomic mass is 10.1. The molecule has 26 heavy (non-hydrogen) atoms. The van der Waals surface area contributed by atoms with Crippen molar-refractivity contribution < 1.29 is 14.0 Å². The Morgan fingerprint density at radius 3 is 2.69 bits per heavy atom. The number of hydrogen-bond acceptors (Lipinski definition) is 5. The summed E-state index contributed by atoms with van der Waals surface area (Å²) >= 11 is 0. The van der Waals surface area contributed by atoms with Crippen molar-refractivity contribution in [1.82, 2.24) is 20.2 Å². The number of nitrogens with zero attached hydrogens (tertiary/aromatic N) is 4. The smallest absolute Gasteiger partial charge is 0.270 e. The summed E-state index contributed by atoms with van der Waals surface area (Å²) in [4.78, 5) is 35.2. The predicted octanol–water partition coefficient (Wildman–Crippen LogP) is 0.867. The van der Waals surface area contributed by atoms with Crippen LogP contribution >= 0.6 is 0 Å². The summed E-state index contributed by atoms with van der Waals surface area (Å²) in [5.41, 5.74) is 0.825. The van der Waals surface area contributed by atoms with Crippen LogP contribution in [0.4, 0.5) is 10.3 Å². The summed E-state index contributed by atoms with van der Waals surface area (Å²) in [5, 5.41) is 2.75. The fourth-order valence-corrected chi connectivity index (χ4v) is 2.76. The molecule has 0 radical (unpaired) electrons. The molecule has 1 aromatic carbocycles. The fraction of sp³-hybridized carbons (Fsp3) is 0.333. The predicted molar refractivity (Wildman–Crippen MR) is 94.3 cm³/mol. The summed E-state index contributed by atoms with van der Waals surface area (Å²) in [5.74, 6) is -0.130. The van der Waals surface area contributed by atoms with Gasteiger partial charge in [-0.1, -0.05) is 18.2 Å². The van der Waals surface area contributed by atoms with Crippen molar-refractivity contribution in [2.75, 3.05) is 37.6 Å². The lowest BCUT2D eigenvalue weighted by Crippen LogP contribution is -2.46. The molecule has 1 aliphatic rings. The van der Waals surface area contributed by atoms with E-state index in [9.17, 15) is 14.0 Å². The molecule has 0 unspecified atom stereocenters. The van der Waals surface area contributed by atoms with Gasteiger partial charge < -0.3 is 15.1 Å². The topological polar surface area (TPSA) is 78.4 Å². The largest absolute Gasteiger partial charge is 0.350 e. The maximum atomic E-state index is 13.6. The Bertz CT molecular complexity index is 778. The van der Waals surface area contributed by atoms with Crippen LogP contribution in [0.15, 0.2) is 36.5 Å². The zero-order valence-corrected chi connectivity index (χ0v) is 14.3. The second kappa shape index (κ2) is 8.37. The van der Waals surface area contributed by atoms with Crippen molar-refractivity contribution in [3.05, 3.63) is 53.6 Å². The van der Waals surface area contributed by atoms with E-state index in [1.807, 2.05) is 4.90 Å². The molecule has 0 spiro atoms. The summed E-state index contributed by atoms with van der Waals surface area (Å²) < 4.78 is 13.6. The lowest BCUT2D eigenvalue weighted by Gasteiger charge is -2.32. The minimum Gasteiger partial charge on any atom is -0.350 e. The van der Waals surface area contributed by atoms with Crippen LogP contribution < -0.4 is 10.2 Å². The number of anilines is 1. The van der Waals surface area contributed by atoms with Crippen molar-refractivity contribution in [3.63, 3.8) is 0 Å².